The standard InChI is InChI=1S/C15H22N2O4/c1-19-12(10-7-8-10)13-16-14(21-17-13)11(15(18)20-2)9-5-3-4-6-9/h9-12H,3-8H2,1-2H3. The van der Waals surface area contributed by atoms with Gasteiger partial charge in [-0.05, 0) is 37.5 Å². The maximum Gasteiger partial charge on any atom is 0.318 e. The first-order chi connectivity index (χ1) is 10.2. The molecular formula is C15H22N2O4. The molecule has 2 unspecified atom stereocenters. The molecule has 0 N–H and O–H groups in total. The van der Waals surface area contributed by atoms with Crippen LogP contribution in [-0.4, -0.2) is 30.3 Å². The molecule has 0 aromatic carbocycles. The zero-order valence-corrected chi connectivity index (χ0v) is 12.6. The van der Waals surface area contributed by atoms with Gasteiger partial charge < -0.3 is 14.0 Å². The lowest BCUT2D eigenvalue weighted by Crippen LogP contribution is -2.22. The summed E-state index contributed by atoms with van der Waals surface area (Å²) in [6.45, 7) is 0. The topological polar surface area (TPSA) is 74.5 Å². The number of methoxy groups -OCH3 is 2. The summed E-state index contributed by atoms with van der Waals surface area (Å²) < 4.78 is 15.8. The van der Waals surface area contributed by atoms with E-state index in [1.165, 1.54) is 7.11 Å². The average molecular weight is 294 g/mol. The molecule has 1 aromatic heterocycles. The molecule has 0 spiro atoms. The monoisotopic (exact) mass is 294 g/mol. The van der Waals surface area contributed by atoms with Gasteiger partial charge >= 0.3 is 5.97 Å². The first-order valence-electron chi connectivity index (χ1n) is 7.68. The van der Waals surface area contributed by atoms with E-state index in [1.807, 2.05) is 0 Å². The van der Waals surface area contributed by atoms with Crippen molar-refractivity contribution >= 4 is 5.97 Å². The van der Waals surface area contributed by atoms with Crippen LogP contribution in [0.25, 0.3) is 0 Å². The van der Waals surface area contributed by atoms with Gasteiger partial charge in [0.1, 0.15) is 12.0 Å². The summed E-state index contributed by atoms with van der Waals surface area (Å²) in [5.41, 5.74) is 0. The molecule has 3 rings (SSSR count). The van der Waals surface area contributed by atoms with Crippen molar-refractivity contribution in [2.75, 3.05) is 14.2 Å². The van der Waals surface area contributed by atoms with E-state index < -0.39 is 5.92 Å². The summed E-state index contributed by atoms with van der Waals surface area (Å²) in [5.74, 6) is 0.942. The van der Waals surface area contributed by atoms with Crippen LogP contribution in [0.15, 0.2) is 4.52 Å². The van der Waals surface area contributed by atoms with Gasteiger partial charge in [0.15, 0.2) is 0 Å². The lowest BCUT2D eigenvalue weighted by molar-refractivity contribution is -0.144. The van der Waals surface area contributed by atoms with Crippen LogP contribution in [0.5, 0.6) is 0 Å². The first-order valence-corrected chi connectivity index (χ1v) is 7.68. The number of carbonyl (C=O) groups excluding carboxylic acids is 1. The maximum absolute atomic E-state index is 12.1. The molecule has 6 heteroatoms. The van der Waals surface area contributed by atoms with Gasteiger partial charge in [-0.25, -0.2) is 0 Å². The minimum Gasteiger partial charge on any atom is -0.468 e. The SMILES string of the molecule is COC(=O)C(c1nc(C(OC)C2CC2)no1)C1CCCC1. The molecule has 116 valence electrons. The second-order valence-corrected chi connectivity index (χ2v) is 6.03. The number of ether oxygens (including phenoxy) is 2. The Morgan fingerprint density at radius 3 is 2.48 bits per heavy atom. The van der Waals surface area contributed by atoms with E-state index in [4.69, 9.17) is 14.0 Å². The molecule has 2 atom stereocenters. The zero-order chi connectivity index (χ0) is 14.8. The van der Waals surface area contributed by atoms with Crippen molar-refractivity contribution in [2.45, 2.75) is 50.5 Å². The van der Waals surface area contributed by atoms with Crippen LogP contribution >= 0.6 is 0 Å². The van der Waals surface area contributed by atoms with E-state index >= 15 is 0 Å². The normalized spacial score (nSPS) is 22.2. The van der Waals surface area contributed by atoms with Crippen molar-refractivity contribution < 1.29 is 18.8 Å². The van der Waals surface area contributed by atoms with Gasteiger partial charge in [0.2, 0.25) is 11.7 Å². The van der Waals surface area contributed by atoms with Gasteiger partial charge in [0.25, 0.3) is 0 Å². The summed E-state index contributed by atoms with van der Waals surface area (Å²) in [4.78, 5) is 16.6. The van der Waals surface area contributed by atoms with Crippen molar-refractivity contribution in [3.63, 3.8) is 0 Å². The van der Waals surface area contributed by atoms with Gasteiger partial charge in [0, 0.05) is 7.11 Å². The summed E-state index contributed by atoms with van der Waals surface area (Å²) in [6.07, 6.45) is 6.44. The molecule has 6 nitrogen and oxygen atoms in total. The molecule has 1 heterocycles. The Hall–Kier alpha value is -1.43. The van der Waals surface area contributed by atoms with E-state index in [0.29, 0.717) is 17.6 Å². The van der Waals surface area contributed by atoms with Gasteiger partial charge in [-0.1, -0.05) is 18.0 Å². The second kappa shape index (κ2) is 6.13. The fourth-order valence-corrected chi connectivity index (χ4v) is 3.31. The molecule has 0 amide bonds. The van der Waals surface area contributed by atoms with E-state index in [9.17, 15) is 4.79 Å². The van der Waals surface area contributed by atoms with E-state index in [1.54, 1.807) is 7.11 Å². The molecule has 2 fully saturated rings. The van der Waals surface area contributed by atoms with Crippen molar-refractivity contribution in [2.24, 2.45) is 11.8 Å². The largest absolute Gasteiger partial charge is 0.468 e. The average Bonchev–Trinajstić information content (AvgIpc) is 3.00. The smallest absolute Gasteiger partial charge is 0.318 e. The van der Waals surface area contributed by atoms with Gasteiger partial charge in [-0.15, -0.1) is 0 Å². The number of carbonyl (C=O) groups is 1. The molecule has 0 saturated heterocycles. The lowest BCUT2D eigenvalue weighted by atomic mass is 9.91. The van der Waals surface area contributed by atoms with Crippen LogP contribution in [0.3, 0.4) is 0 Å². The number of hydrogen-bond donors (Lipinski definition) is 0. The number of esters is 1. The summed E-state index contributed by atoms with van der Waals surface area (Å²) in [7, 11) is 3.07. The Bertz CT molecular complexity index is 492. The number of nitrogens with zero attached hydrogens (tertiary/aromatic N) is 2. The molecule has 0 bridgehead atoms. The second-order valence-electron chi connectivity index (χ2n) is 6.03. The van der Waals surface area contributed by atoms with Gasteiger partial charge in [-0.2, -0.15) is 4.98 Å². The third-order valence-electron chi connectivity index (χ3n) is 4.61. The van der Waals surface area contributed by atoms with Gasteiger partial charge in [-0.3, -0.25) is 4.79 Å². The molecule has 2 aliphatic carbocycles. The number of aromatic nitrogens is 2. The van der Waals surface area contributed by atoms with Crippen molar-refractivity contribution in [1.82, 2.24) is 10.1 Å². The quantitative estimate of drug-likeness (QED) is 0.751. The highest BCUT2D eigenvalue weighted by Gasteiger charge is 2.40. The third kappa shape index (κ3) is 2.95. The van der Waals surface area contributed by atoms with Gasteiger partial charge in [0.05, 0.1) is 7.11 Å². The summed E-state index contributed by atoms with van der Waals surface area (Å²) in [6, 6.07) is 0. The number of rotatable bonds is 6. The van der Waals surface area contributed by atoms with Crippen LogP contribution in [0, 0.1) is 11.8 Å². The fraction of sp³-hybridized carbons (Fsp3) is 0.800. The predicted molar refractivity (Wildman–Crippen MR) is 73.5 cm³/mol. The lowest BCUT2D eigenvalue weighted by Gasteiger charge is -2.16. The highest BCUT2D eigenvalue weighted by atomic mass is 16.5. The van der Waals surface area contributed by atoms with Crippen LogP contribution in [0.1, 0.15) is 62.3 Å². The zero-order valence-electron chi connectivity index (χ0n) is 12.6. The van der Waals surface area contributed by atoms with E-state index in [0.717, 1.165) is 38.5 Å². The Balaban J connectivity index is 1.82. The van der Waals surface area contributed by atoms with Crippen molar-refractivity contribution in [3.05, 3.63) is 11.7 Å². The molecule has 2 aliphatic rings. The Morgan fingerprint density at radius 1 is 1.19 bits per heavy atom. The van der Waals surface area contributed by atoms with Crippen LogP contribution in [0.4, 0.5) is 0 Å². The minimum absolute atomic E-state index is 0.121. The number of hydrogen-bond acceptors (Lipinski definition) is 6. The van der Waals surface area contributed by atoms with Crippen molar-refractivity contribution in [1.29, 1.82) is 0 Å². The molecule has 1 aromatic rings. The highest BCUT2D eigenvalue weighted by Crippen LogP contribution is 2.43. The first kappa shape index (κ1) is 14.5. The van der Waals surface area contributed by atoms with Crippen LogP contribution in [0.2, 0.25) is 0 Å². The van der Waals surface area contributed by atoms with E-state index in [-0.39, 0.29) is 18.0 Å². The van der Waals surface area contributed by atoms with Crippen molar-refractivity contribution in [3.8, 4) is 0 Å². The predicted octanol–water partition coefficient (Wildman–Crippen LogP) is 2.61. The third-order valence-corrected chi connectivity index (χ3v) is 4.61. The summed E-state index contributed by atoms with van der Waals surface area (Å²) in [5, 5.41) is 4.04. The van der Waals surface area contributed by atoms with Crippen LogP contribution in [-0.2, 0) is 14.3 Å². The fourth-order valence-electron chi connectivity index (χ4n) is 3.31. The van der Waals surface area contributed by atoms with E-state index in [2.05, 4.69) is 10.1 Å². The summed E-state index contributed by atoms with van der Waals surface area (Å²) >= 11 is 0. The Morgan fingerprint density at radius 2 is 1.90 bits per heavy atom. The minimum atomic E-state index is -0.435. The molecule has 21 heavy (non-hydrogen) atoms. The molecule has 0 radical (unpaired) electrons. The Labute approximate surface area is 124 Å². The Kier molecular flexibility index (Phi) is 4.24. The molecular weight excluding hydrogens is 272 g/mol. The molecule has 0 aliphatic heterocycles. The maximum atomic E-state index is 12.1. The molecule has 2 saturated carbocycles. The highest BCUT2D eigenvalue weighted by molar-refractivity contribution is 5.77. The van der Waals surface area contributed by atoms with Crippen LogP contribution < -0.4 is 0 Å².